The number of carbonyl (C=O) groups excluding carboxylic acids is 1. The summed E-state index contributed by atoms with van der Waals surface area (Å²) in [6.45, 7) is 4.16. The lowest BCUT2D eigenvalue weighted by Crippen LogP contribution is -2.15. The van der Waals surface area contributed by atoms with Crippen LogP contribution in [-0.4, -0.2) is 29.6 Å². The molecule has 0 saturated heterocycles. The number of nitrogens with zero attached hydrogens (tertiary/aromatic N) is 1. The lowest BCUT2D eigenvalue weighted by atomic mass is 9.88. The van der Waals surface area contributed by atoms with Crippen molar-refractivity contribution in [3.63, 3.8) is 0 Å². The summed E-state index contributed by atoms with van der Waals surface area (Å²) in [6, 6.07) is 13.2. The molecule has 2 aromatic carbocycles. The first-order chi connectivity index (χ1) is 12.4. The number of ether oxygens (including phenoxy) is 1. The topological polar surface area (TPSA) is 68.5 Å². The van der Waals surface area contributed by atoms with Gasteiger partial charge in [-0.1, -0.05) is 61.8 Å². The van der Waals surface area contributed by atoms with Crippen LogP contribution in [0.1, 0.15) is 41.3 Å². The van der Waals surface area contributed by atoms with Crippen LogP contribution in [0.2, 0.25) is 0 Å². The lowest BCUT2D eigenvalue weighted by molar-refractivity contribution is 0.0699. The number of aromatic nitrogens is 1. The summed E-state index contributed by atoms with van der Waals surface area (Å²) in [5.41, 5.74) is 3.45. The largest absolute Gasteiger partial charge is 0.478 e. The highest BCUT2D eigenvalue weighted by Crippen LogP contribution is 2.29. The molecule has 6 heteroatoms. The zero-order valence-electron chi connectivity index (χ0n) is 15.0. The van der Waals surface area contributed by atoms with E-state index in [9.17, 15) is 14.7 Å². The normalized spacial score (nSPS) is 11.0. The van der Waals surface area contributed by atoms with Crippen molar-refractivity contribution in [3.8, 4) is 0 Å². The maximum atomic E-state index is 12.7. The van der Waals surface area contributed by atoms with Gasteiger partial charge in [-0.05, 0) is 17.0 Å². The van der Waals surface area contributed by atoms with E-state index in [-0.39, 0.29) is 18.1 Å². The Morgan fingerprint density at radius 3 is 2.50 bits per heavy atom. The Hall–Kier alpha value is -3.02. The molecule has 0 spiro atoms. The van der Waals surface area contributed by atoms with Crippen LogP contribution in [0.15, 0.2) is 48.7 Å². The molecular weight excluding hydrogens is 329 g/mol. The number of carboxylic acids is 1. The number of rotatable bonds is 4. The summed E-state index contributed by atoms with van der Waals surface area (Å²) in [6.07, 6.45) is 0.767. The van der Waals surface area contributed by atoms with E-state index in [1.165, 1.54) is 10.8 Å². The Morgan fingerprint density at radius 2 is 1.88 bits per heavy atom. The summed E-state index contributed by atoms with van der Waals surface area (Å²) in [5, 5.41) is 10.1. The molecule has 26 heavy (non-hydrogen) atoms. The van der Waals surface area contributed by atoms with Gasteiger partial charge in [-0.2, -0.15) is 0 Å². The fourth-order valence-corrected chi connectivity index (χ4v) is 3.09. The van der Waals surface area contributed by atoms with Gasteiger partial charge >= 0.3 is 12.1 Å². The predicted octanol–water partition coefficient (Wildman–Crippen LogP) is 2.91. The van der Waals surface area contributed by atoms with Crippen LogP contribution < -0.4 is 5.46 Å². The molecule has 0 atom stereocenters. The maximum Gasteiger partial charge on any atom is 0.418 e. The molecule has 0 aliphatic carbocycles. The van der Waals surface area contributed by atoms with Gasteiger partial charge in [0.25, 0.3) is 0 Å². The average molecular weight is 349 g/mol. The molecule has 1 N–H and O–H groups in total. The van der Waals surface area contributed by atoms with E-state index >= 15 is 0 Å². The van der Waals surface area contributed by atoms with E-state index in [2.05, 4.69) is 0 Å². The van der Waals surface area contributed by atoms with Crippen molar-refractivity contribution >= 4 is 36.3 Å². The lowest BCUT2D eigenvalue weighted by Gasteiger charge is -2.13. The number of hydrogen-bond donors (Lipinski definition) is 1. The van der Waals surface area contributed by atoms with Crippen molar-refractivity contribution in [2.24, 2.45) is 0 Å². The molecule has 0 radical (unpaired) electrons. The number of hydrogen-bond acceptors (Lipinski definition) is 3. The van der Waals surface area contributed by atoms with Crippen molar-refractivity contribution in [2.75, 3.05) is 0 Å². The Labute approximate surface area is 152 Å². The van der Waals surface area contributed by atoms with Crippen LogP contribution in [-0.2, 0) is 11.3 Å². The van der Waals surface area contributed by atoms with Crippen molar-refractivity contribution in [1.82, 2.24) is 4.57 Å². The monoisotopic (exact) mass is 349 g/mol. The molecule has 132 valence electrons. The molecule has 0 bridgehead atoms. The third kappa shape index (κ3) is 3.35. The third-order valence-corrected chi connectivity index (χ3v) is 4.33. The van der Waals surface area contributed by atoms with Crippen LogP contribution >= 0.6 is 0 Å². The van der Waals surface area contributed by atoms with Gasteiger partial charge in [0.15, 0.2) is 0 Å². The van der Waals surface area contributed by atoms with E-state index in [0.29, 0.717) is 10.9 Å². The second-order valence-corrected chi connectivity index (χ2v) is 6.66. The van der Waals surface area contributed by atoms with Gasteiger partial charge in [0, 0.05) is 11.6 Å². The first-order valence-electron chi connectivity index (χ1n) is 8.48. The number of benzene rings is 2. The zero-order valence-corrected chi connectivity index (χ0v) is 15.0. The van der Waals surface area contributed by atoms with Crippen molar-refractivity contribution in [1.29, 1.82) is 0 Å². The Balaban J connectivity index is 2.07. The van der Waals surface area contributed by atoms with Crippen LogP contribution in [0, 0.1) is 0 Å². The molecule has 3 aromatic rings. The second-order valence-electron chi connectivity index (χ2n) is 6.66. The van der Waals surface area contributed by atoms with E-state index in [1.807, 2.05) is 58.1 Å². The highest BCUT2D eigenvalue weighted by atomic mass is 16.5. The molecule has 0 saturated carbocycles. The summed E-state index contributed by atoms with van der Waals surface area (Å²) in [5.74, 6) is -0.931. The van der Waals surface area contributed by atoms with E-state index < -0.39 is 12.1 Å². The van der Waals surface area contributed by atoms with Gasteiger partial charge in [-0.15, -0.1) is 0 Å². The molecule has 3 rings (SSSR count). The number of carboxylic acid groups (broad SMARTS) is 1. The van der Waals surface area contributed by atoms with E-state index in [1.54, 1.807) is 6.07 Å². The Kier molecular flexibility index (Phi) is 4.84. The predicted molar refractivity (Wildman–Crippen MR) is 103 cm³/mol. The minimum atomic E-state index is -1.06. The molecule has 1 aromatic heterocycles. The Morgan fingerprint density at radius 1 is 1.19 bits per heavy atom. The van der Waals surface area contributed by atoms with E-state index in [0.717, 1.165) is 16.6 Å². The molecule has 0 fully saturated rings. The fraction of sp³-hybridized carbons (Fsp3) is 0.200. The fourth-order valence-electron chi connectivity index (χ4n) is 3.09. The summed E-state index contributed by atoms with van der Waals surface area (Å²) < 4.78 is 6.73. The molecule has 0 unspecified atom stereocenters. The molecular formula is C20H20BNO4. The third-order valence-electron chi connectivity index (χ3n) is 4.33. The number of fused-ring (bicyclic) bond motifs is 1. The van der Waals surface area contributed by atoms with E-state index in [4.69, 9.17) is 4.74 Å². The van der Waals surface area contributed by atoms with Gasteiger partial charge in [-0.3, -0.25) is 4.57 Å². The average Bonchev–Trinajstić information content (AvgIpc) is 2.99. The highest BCUT2D eigenvalue weighted by Gasteiger charge is 2.22. The van der Waals surface area contributed by atoms with Crippen LogP contribution in [0.5, 0.6) is 0 Å². The SMILES string of the molecule is Bc1cc(C(C)C)c2c(c1)c(C(=O)O)cn2C(=O)OCc1ccccc1. The first-order valence-corrected chi connectivity index (χ1v) is 8.48. The number of carbonyl (C=O) groups is 2. The van der Waals surface area contributed by atoms with Gasteiger partial charge < -0.3 is 9.84 Å². The minimum Gasteiger partial charge on any atom is -0.478 e. The van der Waals surface area contributed by atoms with Crippen LogP contribution in [0.4, 0.5) is 4.79 Å². The standard InChI is InChI=1S/C20H20BNO4/c1-12(2)15-8-14(21)9-16-17(19(23)24)10-22(18(15)16)20(25)26-11-13-6-4-3-5-7-13/h3-10,12H,11,21H2,1-2H3,(H,23,24). The van der Waals surface area contributed by atoms with Gasteiger partial charge in [0.2, 0.25) is 0 Å². The molecule has 1 heterocycles. The maximum absolute atomic E-state index is 12.7. The van der Waals surface area contributed by atoms with Gasteiger partial charge in [0.1, 0.15) is 14.5 Å². The second kappa shape index (κ2) is 7.08. The molecule has 5 nitrogen and oxygen atoms in total. The summed E-state index contributed by atoms with van der Waals surface area (Å²) in [7, 11) is 1.92. The summed E-state index contributed by atoms with van der Waals surface area (Å²) >= 11 is 0. The highest BCUT2D eigenvalue weighted by molar-refractivity contribution is 6.33. The minimum absolute atomic E-state index is 0.0993. The molecule has 0 amide bonds. The van der Waals surface area contributed by atoms with Crippen molar-refractivity contribution < 1.29 is 19.4 Å². The van der Waals surface area contributed by atoms with Gasteiger partial charge in [0.05, 0.1) is 11.1 Å². The zero-order chi connectivity index (χ0) is 18.8. The molecule has 0 aliphatic rings. The molecule has 0 aliphatic heterocycles. The quantitative estimate of drug-likeness (QED) is 0.736. The first kappa shape index (κ1) is 17.8. The van der Waals surface area contributed by atoms with Crippen molar-refractivity contribution in [3.05, 3.63) is 65.4 Å². The number of aromatic carboxylic acids is 1. The summed E-state index contributed by atoms with van der Waals surface area (Å²) in [4.78, 5) is 24.3. The van der Waals surface area contributed by atoms with Crippen LogP contribution in [0.3, 0.4) is 0 Å². The smallest absolute Gasteiger partial charge is 0.418 e. The van der Waals surface area contributed by atoms with Gasteiger partial charge in [-0.25, -0.2) is 9.59 Å². The Bertz CT molecular complexity index is 976. The van der Waals surface area contributed by atoms with Crippen LogP contribution in [0.25, 0.3) is 10.9 Å². The van der Waals surface area contributed by atoms with Crippen molar-refractivity contribution in [2.45, 2.75) is 26.4 Å².